The van der Waals surface area contributed by atoms with Crippen LogP contribution in [0.5, 0.6) is 11.5 Å². The summed E-state index contributed by atoms with van der Waals surface area (Å²) in [6.45, 7) is 6.93. The predicted octanol–water partition coefficient (Wildman–Crippen LogP) is 3.41. The molecule has 2 aliphatic rings. The van der Waals surface area contributed by atoms with Gasteiger partial charge < -0.3 is 20.0 Å². The Morgan fingerprint density at radius 3 is 2.48 bits per heavy atom. The molecule has 2 N–H and O–H groups in total. The maximum atomic E-state index is 13.2. The normalized spacial score (nSPS) is 29.7. The minimum atomic E-state index is -0.499. The number of benzene rings is 1. The number of amides is 1. The van der Waals surface area contributed by atoms with Crippen molar-refractivity contribution in [3.63, 3.8) is 0 Å². The molecule has 0 spiro atoms. The van der Waals surface area contributed by atoms with Crippen molar-refractivity contribution < 1.29 is 19.5 Å². The third-order valence-corrected chi connectivity index (χ3v) is 7.44. The van der Waals surface area contributed by atoms with Gasteiger partial charge in [0.1, 0.15) is 0 Å². The molecule has 2 saturated carbocycles. The number of hydrogen-bond acceptors (Lipinski definition) is 5. The Balaban J connectivity index is 1.68. The molecule has 1 amide bonds. The smallest absolute Gasteiger partial charge is 0.227 e. The summed E-state index contributed by atoms with van der Waals surface area (Å²) < 4.78 is 10.6. The van der Waals surface area contributed by atoms with Gasteiger partial charge in [-0.1, -0.05) is 32.0 Å². The van der Waals surface area contributed by atoms with E-state index in [4.69, 9.17) is 9.47 Å². The number of nitrogens with one attached hydrogen (secondary N) is 1. The average molecular weight is 374 g/mol. The van der Waals surface area contributed by atoms with Gasteiger partial charge in [0.15, 0.2) is 11.5 Å². The van der Waals surface area contributed by atoms with E-state index < -0.39 is 5.41 Å². The monoisotopic (exact) mass is 374 g/mol. The molecule has 2 aliphatic carbocycles. The van der Waals surface area contributed by atoms with E-state index in [1.807, 2.05) is 18.2 Å². The number of hydrogen-bond donors (Lipinski definition) is 2. The van der Waals surface area contributed by atoms with Crippen molar-refractivity contribution in [3.05, 3.63) is 23.8 Å². The molecular formula is C21H30N2O4. The van der Waals surface area contributed by atoms with E-state index in [0.717, 1.165) is 24.1 Å². The number of carbonyl (C=O) groups is 1. The average Bonchev–Trinajstić information content (AvgIpc) is 2.97. The van der Waals surface area contributed by atoms with Crippen molar-refractivity contribution >= 4 is 11.6 Å². The molecule has 27 heavy (non-hydrogen) atoms. The van der Waals surface area contributed by atoms with Crippen molar-refractivity contribution in [2.75, 3.05) is 20.8 Å². The van der Waals surface area contributed by atoms with Gasteiger partial charge in [-0.25, -0.2) is 0 Å². The Morgan fingerprint density at radius 1 is 1.19 bits per heavy atom. The highest BCUT2D eigenvalue weighted by Crippen LogP contribution is 2.70. The second-order valence-corrected chi connectivity index (χ2v) is 8.46. The molecule has 3 rings (SSSR count). The molecule has 2 bridgehead atoms. The van der Waals surface area contributed by atoms with Crippen LogP contribution in [0.1, 0.15) is 45.6 Å². The van der Waals surface area contributed by atoms with Gasteiger partial charge in [0.2, 0.25) is 5.91 Å². The van der Waals surface area contributed by atoms with Gasteiger partial charge in [0.05, 0.1) is 25.3 Å². The van der Waals surface area contributed by atoms with Crippen molar-refractivity contribution in [2.24, 2.45) is 21.4 Å². The Kier molecular flexibility index (Phi) is 4.87. The van der Waals surface area contributed by atoms with Crippen molar-refractivity contribution in [1.82, 2.24) is 5.32 Å². The number of methoxy groups -OCH3 is 2. The first-order chi connectivity index (χ1) is 12.8. The number of fused-ring (bicyclic) bond motifs is 2. The lowest BCUT2D eigenvalue weighted by Crippen LogP contribution is -2.47. The molecule has 2 fully saturated rings. The molecule has 0 heterocycles. The Bertz CT molecular complexity index is 773. The highest BCUT2D eigenvalue weighted by molar-refractivity contribution is 6.02. The zero-order valence-corrected chi connectivity index (χ0v) is 16.9. The SMILES string of the molecule is COc1ccc(CCNC(=O)C23CCC(C)(C(=NO)C2)C3(C)C)cc1OC. The van der Waals surface area contributed by atoms with Crippen LogP contribution < -0.4 is 14.8 Å². The fourth-order valence-corrected chi connectivity index (χ4v) is 5.06. The van der Waals surface area contributed by atoms with Crippen molar-refractivity contribution in [2.45, 2.75) is 46.5 Å². The highest BCUT2D eigenvalue weighted by atomic mass is 16.5. The Morgan fingerprint density at radius 2 is 1.89 bits per heavy atom. The summed E-state index contributed by atoms with van der Waals surface area (Å²) in [5.41, 5.74) is 0.872. The van der Waals surface area contributed by atoms with Crippen LogP contribution in [0.3, 0.4) is 0 Å². The molecule has 1 aromatic rings. The molecule has 2 unspecified atom stereocenters. The van der Waals surface area contributed by atoms with Gasteiger partial charge in [0.25, 0.3) is 0 Å². The third kappa shape index (κ3) is 2.68. The van der Waals surface area contributed by atoms with Crippen LogP contribution in [-0.2, 0) is 11.2 Å². The Hall–Kier alpha value is -2.24. The van der Waals surface area contributed by atoms with Gasteiger partial charge >= 0.3 is 0 Å². The second-order valence-electron chi connectivity index (χ2n) is 8.46. The van der Waals surface area contributed by atoms with Gasteiger partial charge in [-0.2, -0.15) is 0 Å². The van der Waals surface area contributed by atoms with Crippen LogP contribution in [-0.4, -0.2) is 37.6 Å². The fraction of sp³-hybridized carbons (Fsp3) is 0.619. The summed E-state index contributed by atoms with van der Waals surface area (Å²) >= 11 is 0. The molecule has 6 nitrogen and oxygen atoms in total. The van der Waals surface area contributed by atoms with Gasteiger partial charge in [0, 0.05) is 18.4 Å². The molecule has 6 heteroatoms. The molecule has 0 saturated heterocycles. The standard InChI is InChI=1S/C21H30N2O4/c1-19(2)20(3)9-10-21(19,13-17(20)23-25)18(24)22-11-8-14-6-7-15(26-4)16(12-14)27-5/h6-7,12,25H,8-11,13H2,1-5H3,(H,22,24). The van der Waals surface area contributed by atoms with E-state index in [9.17, 15) is 10.0 Å². The minimum Gasteiger partial charge on any atom is -0.493 e. The van der Waals surface area contributed by atoms with Crippen LogP contribution in [0.4, 0.5) is 0 Å². The van der Waals surface area contributed by atoms with Crippen LogP contribution >= 0.6 is 0 Å². The van der Waals surface area contributed by atoms with Gasteiger partial charge in [-0.05, 0) is 42.4 Å². The van der Waals surface area contributed by atoms with E-state index >= 15 is 0 Å². The lowest BCUT2D eigenvalue weighted by Gasteiger charge is -2.39. The first-order valence-corrected chi connectivity index (χ1v) is 9.46. The quantitative estimate of drug-likeness (QED) is 0.591. The zero-order valence-electron chi connectivity index (χ0n) is 16.9. The maximum absolute atomic E-state index is 13.2. The lowest BCUT2D eigenvalue weighted by atomic mass is 9.64. The maximum Gasteiger partial charge on any atom is 0.227 e. The van der Waals surface area contributed by atoms with Crippen molar-refractivity contribution in [1.29, 1.82) is 0 Å². The van der Waals surface area contributed by atoms with Crippen LogP contribution in [0.2, 0.25) is 0 Å². The van der Waals surface area contributed by atoms with E-state index in [1.165, 1.54) is 0 Å². The second kappa shape index (κ2) is 6.73. The first-order valence-electron chi connectivity index (χ1n) is 9.46. The van der Waals surface area contributed by atoms with Gasteiger partial charge in [-0.15, -0.1) is 0 Å². The third-order valence-electron chi connectivity index (χ3n) is 7.44. The summed E-state index contributed by atoms with van der Waals surface area (Å²) in [7, 11) is 3.22. The summed E-state index contributed by atoms with van der Waals surface area (Å²) in [5, 5.41) is 16.1. The number of oxime groups is 1. The first kappa shape index (κ1) is 19.5. The topological polar surface area (TPSA) is 80.2 Å². The van der Waals surface area contributed by atoms with Crippen LogP contribution in [0, 0.1) is 16.2 Å². The largest absolute Gasteiger partial charge is 0.493 e. The van der Waals surface area contributed by atoms with Crippen LogP contribution in [0.15, 0.2) is 23.4 Å². The predicted molar refractivity (Wildman–Crippen MR) is 104 cm³/mol. The molecule has 0 aliphatic heterocycles. The molecule has 0 aromatic heterocycles. The Labute approximate surface area is 160 Å². The molecule has 1 aromatic carbocycles. The highest BCUT2D eigenvalue weighted by Gasteiger charge is 2.71. The molecule has 2 atom stereocenters. The van der Waals surface area contributed by atoms with E-state index in [-0.39, 0.29) is 16.7 Å². The van der Waals surface area contributed by atoms with Crippen molar-refractivity contribution in [3.8, 4) is 11.5 Å². The summed E-state index contributed by atoms with van der Waals surface area (Å²) in [6.07, 6.45) is 2.95. The van der Waals surface area contributed by atoms with E-state index in [0.29, 0.717) is 30.9 Å². The summed E-state index contributed by atoms with van der Waals surface area (Å²) in [6, 6.07) is 5.79. The number of ether oxygens (including phenoxy) is 2. The van der Waals surface area contributed by atoms with Crippen LogP contribution in [0.25, 0.3) is 0 Å². The lowest BCUT2D eigenvalue weighted by molar-refractivity contribution is -0.135. The summed E-state index contributed by atoms with van der Waals surface area (Å²) in [5.74, 6) is 1.44. The number of nitrogens with zero attached hydrogens (tertiary/aromatic N) is 1. The number of rotatable bonds is 6. The van der Waals surface area contributed by atoms with E-state index in [1.54, 1.807) is 14.2 Å². The van der Waals surface area contributed by atoms with Gasteiger partial charge in [-0.3, -0.25) is 4.79 Å². The number of carbonyl (C=O) groups excluding carboxylic acids is 1. The zero-order chi connectivity index (χ0) is 19.9. The summed E-state index contributed by atoms with van der Waals surface area (Å²) in [4.78, 5) is 13.2. The molecule has 0 radical (unpaired) electrons. The van der Waals surface area contributed by atoms with E-state index in [2.05, 4.69) is 31.2 Å². The molecule has 148 valence electrons. The minimum absolute atomic E-state index is 0.0651. The molecular weight excluding hydrogens is 344 g/mol. The fourth-order valence-electron chi connectivity index (χ4n) is 5.06.